The van der Waals surface area contributed by atoms with Crippen LogP contribution >= 0.6 is 0 Å². The number of hydrogen-bond donors (Lipinski definition) is 2. The molecule has 0 aliphatic rings. The Kier molecular flexibility index (Phi) is 5.37. The first kappa shape index (κ1) is 18.9. The van der Waals surface area contributed by atoms with Gasteiger partial charge < -0.3 is 10.6 Å². The Bertz CT molecular complexity index is 1110. The fourth-order valence-electron chi connectivity index (χ4n) is 3.02. The number of benzene rings is 2. The topological polar surface area (TPSA) is 67.7 Å². The molecule has 0 bridgehead atoms. The number of rotatable bonds is 7. The van der Waals surface area contributed by atoms with Crippen LogP contribution in [0.1, 0.15) is 20.3 Å². The van der Waals surface area contributed by atoms with Crippen LogP contribution in [0.15, 0.2) is 60.8 Å². The van der Waals surface area contributed by atoms with Crippen molar-refractivity contribution in [3.05, 3.63) is 66.6 Å². The molecule has 2 aromatic carbocycles. The molecule has 4 rings (SSSR count). The molecule has 2 N–H and O–H groups in total. The van der Waals surface area contributed by atoms with Gasteiger partial charge in [0, 0.05) is 12.2 Å². The van der Waals surface area contributed by atoms with Crippen molar-refractivity contribution in [2.45, 2.75) is 20.3 Å². The molecule has 4 aromatic rings. The summed E-state index contributed by atoms with van der Waals surface area (Å²) in [5.74, 6) is 1.35. The number of nitrogens with zero attached hydrogens (tertiary/aromatic N) is 4. The molecule has 29 heavy (non-hydrogen) atoms. The lowest BCUT2D eigenvalue weighted by Gasteiger charge is -2.12. The predicted octanol–water partition coefficient (Wildman–Crippen LogP) is 5.16. The predicted molar refractivity (Wildman–Crippen MR) is 114 cm³/mol. The smallest absolute Gasteiger partial charge is 0.226 e. The Morgan fingerprint density at radius 3 is 2.62 bits per heavy atom. The van der Waals surface area contributed by atoms with Gasteiger partial charge in [-0.2, -0.15) is 15.1 Å². The summed E-state index contributed by atoms with van der Waals surface area (Å²) in [6.45, 7) is 5.11. The first-order valence-corrected chi connectivity index (χ1v) is 9.68. The van der Waals surface area contributed by atoms with Gasteiger partial charge in [0.15, 0.2) is 5.65 Å². The summed E-state index contributed by atoms with van der Waals surface area (Å²) in [5, 5.41) is 11.8. The highest BCUT2D eigenvalue weighted by molar-refractivity contribution is 5.90. The maximum atomic E-state index is 13.6. The van der Waals surface area contributed by atoms with E-state index in [1.54, 1.807) is 23.0 Å². The van der Waals surface area contributed by atoms with Crippen LogP contribution in [-0.2, 0) is 0 Å². The molecule has 0 aliphatic heterocycles. The van der Waals surface area contributed by atoms with Crippen molar-refractivity contribution in [2.75, 3.05) is 17.2 Å². The maximum Gasteiger partial charge on any atom is 0.226 e. The van der Waals surface area contributed by atoms with E-state index in [1.165, 1.54) is 12.1 Å². The SMILES string of the molecule is CC(C)CCNc1nc(Nc2cccc(F)c2)c2cnn(-c3ccccc3)c2n1. The van der Waals surface area contributed by atoms with Crippen LogP contribution in [0.4, 0.5) is 21.8 Å². The van der Waals surface area contributed by atoms with Crippen molar-refractivity contribution in [3.8, 4) is 5.69 Å². The Morgan fingerprint density at radius 2 is 1.86 bits per heavy atom. The highest BCUT2D eigenvalue weighted by Gasteiger charge is 2.14. The summed E-state index contributed by atoms with van der Waals surface area (Å²) >= 11 is 0. The first-order chi connectivity index (χ1) is 14.1. The zero-order chi connectivity index (χ0) is 20.2. The largest absolute Gasteiger partial charge is 0.354 e. The number of para-hydroxylation sites is 1. The summed E-state index contributed by atoms with van der Waals surface area (Å²) in [6.07, 6.45) is 2.73. The highest BCUT2D eigenvalue weighted by atomic mass is 19.1. The minimum atomic E-state index is -0.310. The van der Waals surface area contributed by atoms with Crippen LogP contribution in [0, 0.1) is 11.7 Å². The number of hydrogen-bond acceptors (Lipinski definition) is 5. The molecule has 148 valence electrons. The molecule has 0 fully saturated rings. The Labute approximate surface area is 168 Å². The summed E-state index contributed by atoms with van der Waals surface area (Å²) in [7, 11) is 0. The van der Waals surface area contributed by atoms with Crippen molar-refractivity contribution >= 4 is 28.5 Å². The average Bonchev–Trinajstić information content (AvgIpc) is 3.13. The molecule has 0 saturated carbocycles. The molecule has 0 saturated heterocycles. The van der Waals surface area contributed by atoms with E-state index in [-0.39, 0.29) is 5.82 Å². The average molecular weight is 390 g/mol. The molecular formula is C22H23FN6. The third kappa shape index (κ3) is 4.34. The molecule has 2 heterocycles. The molecule has 0 amide bonds. The Morgan fingerprint density at radius 1 is 1.03 bits per heavy atom. The molecule has 6 nitrogen and oxygen atoms in total. The number of nitrogens with one attached hydrogen (secondary N) is 2. The van der Waals surface area contributed by atoms with Gasteiger partial charge in [0.25, 0.3) is 0 Å². The Balaban J connectivity index is 1.76. The van der Waals surface area contributed by atoms with E-state index in [0.717, 1.165) is 24.0 Å². The van der Waals surface area contributed by atoms with Gasteiger partial charge in [-0.3, -0.25) is 0 Å². The lowest BCUT2D eigenvalue weighted by molar-refractivity contribution is 0.606. The van der Waals surface area contributed by atoms with Crippen LogP contribution in [0.25, 0.3) is 16.7 Å². The van der Waals surface area contributed by atoms with E-state index in [1.807, 2.05) is 30.3 Å². The minimum absolute atomic E-state index is 0.310. The lowest BCUT2D eigenvalue weighted by atomic mass is 10.1. The third-order valence-electron chi connectivity index (χ3n) is 4.52. The van der Waals surface area contributed by atoms with Crippen LogP contribution in [0.3, 0.4) is 0 Å². The van der Waals surface area contributed by atoms with E-state index < -0.39 is 0 Å². The molecule has 2 aromatic heterocycles. The van der Waals surface area contributed by atoms with Crippen molar-refractivity contribution in [1.82, 2.24) is 19.7 Å². The van der Waals surface area contributed by atoms with Crippen LogP contribution in [-0.4, -0.2) is 26.3 Å². The second kappa shape index (κ2) is 8.26. The van der Waals surface area contributed by atoms with E-state index in [0.29, 0.717) is 29.0 Å². The zero-order valence-electron chi connectivity index (χ0n) is 16.4. The van der Waals surface area contributed by atoms with Crippen LogP contribution in [0.2, 0.25) is 0 Å². The summed E-state index contributed by atoms with van der Waals surface area (Å²) in [6, 6.07) is 16.1. The molecule has 0 unspecified atom stereocenters. The summed E-state index contributed by atoms with van der Waals surface area (Å²) < 4.78 is 15.4. The number of anilines is 3. The van der Waals surface area contributed by atoms with Gasteiger partial charge in [0.2, 0.25) is 5.95 Å². The van der Waals surface area contributed by atoms with Crippen molar-refractivity contribution in [1.29, 1.82) is 0 Å². The number of fused-ring (bicyclic) bond motifs is 1. The molecule has 7 heteroatoms. The molecular weight excluding hydrogens is 367 g/mol. The number of aromatic nitrogens is 4. The Hall–Kier alpha value is -3.48. The minimum Gasteiger partial charge on any atom is -0.354 e. The van der Waals surface area contributed by atoms with E-state index >= 15 is 0 Å². The standard InChI is InChI=1S/C22H23FN6/c1-15(2)11-12-24-22-27-20(26-17-8-6-7-16(23)13-17)19-14-25-29(21(19)28-22)18-9-4-3-5-10-18/h3-10,13-15H,11-12H2,1-2H3,(H2,24,26,27,28). The fourth-order valence-corrected chi connectivity index (χ4v) is 3.02. The summed E-state index contributed by atoms with van der Waals surface area (Å²) in [5.41, 5.74) is 2.20. The quantitative estimate of drug-likeness (QED) is 0.456. The van der Waals surface area contributed by atoms with Gasteiger partial charge in [-0.25, -0.2) is 9.07 Å². The third-order valence-corrected chi connectivity index (χ3v) is 4.52. The van der Waals surface area contributed by atoms with Gasteiger partial charge in [-0.1, -0.05) is 38.1 Å². The normalized spacial score (nSPS) is 11.2. The second-order valence-corrected chi connectivity index (χ2v) is 7.27. The van der Waals surface area contributed by atoms with Gasteiger partial charge in [-0.05, 0) is 42.7 Å². The monoisotopic (exact) mass is 390 g/mol. The summed E-state index contributed by atoms with van der Waals surface area (Å²) in [4.78, 5) is 9.31. The van der Waals surface area contributed by atoms with Gasteiger partial charge in [0.05, 0.1) is 17.3 Å². The molecule has 0 spiro atoms. The first-order valence-electron chi connectivity index (χ1n) is 9.68. The van der Waals surface area contributed by atoms with E-state index in [4.69, 9.17) is 4.98 Å². The number of halogens is 1. The molecule has 0 aliphatic carbocycles. The van der Waals surface area contributed by atoms with Gasteiger partial charge >= 0.3 is 0 Å². The fraction of sp³-hybridized carbons (Fsp3) is 0.227. The molecule has 0 radical (unpaired) electrons. The van der Waals surface area contributed by atoms with Crippen molar-refractivity contribution in [3.63, 3.8) is 0 Å². The van der Waals surface area contributed by atoms with E-state index in [9.17, 15) is 4.39 Å². The maximum absolute atomic E-state index is 13.6. The van der Waals surface area contributed by atoms with Gasteiger partial charge in [-0.15, -0.1) is 0 Å². The van der Waals surface area contributed by atoms with Crippen molar-refractivity contribution < 1.29 is 4.39 Å². The van der Waals surface area contributed by atoms with Crippen LogP contribution in [0.5, 0.6) is 0 Å². The van der Waals surface area contributed by atoms with Gasteiger partial charge in [0.1, 0.15) is 11.6 Å². The highest BCUT2D eigenvalue weighted by Crippen LogP contribution is 2.27. The van der Waals surface area contributed by atoms with Crippen LogP contribution < -0.4 is 10.6 Å². The second-order valence-electron chi connectivity index (χ2n) is 7.27. The van der Waals surface area contributed by atoms with E-state index in [2.05, 4.69) is 34.6 Å². The molecule has 0 atom stereocenters. The lowest BCUT2D eigenvalue weighted by Crippen LogP contribution is -2.10. The zero-order valence-corrected chi connectivity index (χ0v) is 16.4. The van der Waals surface area contributed by atoms with Crippen molar-refractivity contribution in [2.24, 2.45) is 5.92 Å².